The molecule has 0 aliphatic heterocycles. The van der Waals surface area contributed by atoms with E-state index in [1.54, 1.807) is 24.3 Å². The quantitative estimate of drug-likeness (QED) is 0.815. The molecule has 0 radical (unpaired) electrons. The molecule has 0 heterocycles. The summed E-state index contributed by atoms with van der Waals surface area (Å²) in [6.45, 7) is 0. The summed E-state index contributed by atoms with van der Waals surface area (Å²) in [6.07, 6.45) is 4.45. The van der Waals surface area contributed by atoms with Crippen molar-refractivity contribution in [1.82, 2.24) is 0 Å². The number of hydrogen-bond acceptors (Lipinski definition) is 3. The fourth-order valence-corrected chi connectivity index (χ4v) is 2.39. The van der Waals surface area contributed by atoms with Crippen molar-refractivity contribution in [3.63, 3.8) is 0 Å². The molecule has 2 rings (SSSR count). The zero-order valence-corrected chi connectivity index (χ0v) is 11.5. The van der Waals surface area contributed by atoms with E-state index in [-0.39, 0.29) is 12.1 Å². The standard InChI is InChI=1S/C14H19ClN2O2/c15-10-6-8-11(9-7-10)17-14(18)19-13-5-3-1-2-4-12(13)16/h6-9,12-13H,1-5,16H2,(H,17,18). The van der Waals surface area contributed by atoms with Crippen LogP contribution in [0.5, 0.6) is 0 Å². The Bertz CT molecular complexity index is 422. The van der Waals surface area contributed by atoms with Crippen molar-refractivity contribution < 1.29 is 9.53 Å². The number of carbonyl (C=O) groups excluding carboxylic acids is 1. The summed E-state index contributed by atoms with van der Waals surface area (Å²) in [5, 5.41) is 3.31. The van der Waals surface area contributed by atoms with Crippen LogP contribution in [0.4, 0.5) is 10.5 Å². The third-order valence-corrected chi connectivity index (χ3v) is 3.60. The third-order valence-electron chi connectivity index (χ3n) is 3.35. The summed E-state index contributed by atoms with van der Waals surface area (Å²) in [5.41, 5.74) is 6.68. The highest BCUT2D eigenvalue weighted by Gasteiger charge is 2.23. The highest BCUT2D eigenvalue weighted by molar-refractivity contribution is 6.30. The Morgan fingerprint density at radius 3 is 2.63 bits per heavy atom. The zero-order chi connectivity index (χ0) is 13.7. The van der Waals surface area contributed by atoms with Crippen LogP contribution in [0.25, 0.3) is 0 Å². The van der Waals surface area contributed by atoms with Crippen molar-refractivity contribution >= 4 is 23.4 Å². The molecule has 1 fully saturated rings. The summed E-state index contributed by atoms with van der Waals surface area (Å²) in [4.78, 5) is 11.8. The molecule has 4 nitrogen and oxygen atoms in total. The maximum Gasteiger partial charge on any atom is 0.411 e. The smallest absolute Gasteiger partial charge is 0.411 e. The van der Waals surface area contributed by atoms with Gasteiger partial charge in [0.2, 0.25) is 0 Å². The summed E-state index contributed by atoms with van der Waals surface area (Å²) >= 11 is 5.78. The van der Waals surface area contributed by atoms with Gasteiger partial charge in [-0.3, -0.25) is 5.32 Å². The van der Waals surface area contributed by atoms with Gasteiger partial charge in [0.1, 0.15) is 6.10 Å². The topological polar surface area (TPSA) is 64.3 Å². The van der Waals surface area contributed by atoms with Gasteiger partial charge in [0.25, 0.3) is 0 Å². The number of benzene rings is 1. The van der Waals surface area contributed by atoms with Gasteiger partial charge in [-0.15, -0.1) is 0 Å². The van der Waals surface area contributed by atoms with E-state index in [0.29, 0.717) is 10.7 Å². The molecule has 1 aliphatic carbocycles. The molecule has 2 unspecified atom stereocenters. The molecule has 19 heavy (non-hydrogen) atoms. The van der Waals surface area contributed by atoms with Crippen LogP contribution >= 0.6 is 11.6 Å². The molecule has 0 saturated heterocycles. The first-order valence-corrected chi connectivity index (χ1v) is 7.02. The van der Waals surface area contributed by atoms with E-state index in [2.05, 4.69) is 5.32 Å². The van der Waals surface area contributed by atoms with Gasteiger partial charge in [0, 0.05) is 16.8 Å². The number of hydrogen-bond donors (Lipinski definition) is 2. The molecule has 2 atom stereocenters. The molecule has 5 heteroatoms. The second kappa shape index (κ2) is 6.78. The number of rotatable bonds is 2. The Morgan fingerprint density at radius 2 is 1.89 bits per heavy atom. The minimum Gasteiger partial charge on any atom is -0.444 e. The van der Waals surface area contributed by atoms with E-state index >= 15 is 0 Å². The summed E-state index contributed by atoms with van der Waals surface area (Å²) < 4.78 is 5.41. The van der Waals surface area contributed by atoms with E-state index in [4.69, 9.17) is 22.1 Å². The molecular formula is C14H19ClN2O2. The first-order valence-electron chi connectivity index (χ1n) is 6.64. The number of carbonyl (C=O) groups is 1. The fraction of sp³-hybridized carbons (Fsp3) is 0.500. The van der Waals surface area contributed by atoms with E-state index in [1.807, 2.05) is 0 Å². The van der Waals surface area contributed by atoms with Gasteiger partial charge >= 0.3 is 6.09 Å². The Kier molecular flexibility index (Phi) is 5.05. The van der Waals surface area contributed by atoms with Gasteiger partial charge in [-0.1, -0.05) is 24.4 Å². The van der Waals surface area contributed by atoms with Crippen molar-refractivity contribution in [2.75, 3.05) is 5.32 Å². The molecule has 0 spiro atoms. The minimum absolute atomic E-state index is 0.0570. The van der Waals surface area contributed by atoms with Crippen LogP contribution < -0.4 is 11.1 Å². The molecular weight excluding hydrogens is 264 g/mol. The molecule has 3 N–H and O–H groups in total. The highest BCUT2D eigenvalue weighted by Crippen LogP contribution is 2.20. The predicted molar refractivity (Wildman–Crippen MR) is 76.4 cm³/mol. The second-order valence-electron chi connectivity index (χ2n) is 4.88. The first kappa shape index (κ1) is 14.2. The van der Waals surface area contributed by atoms with E-state index in [1.165, 1.54) is 0 Å². The number of nitrogens with one attached hydrogen (secondary N) is 1. The van der Waals surface area contributed by atoms with E-state index in [0.717, 1.165) is 32.1 Å². The lowest BCUT2D eigenvalue weighted by atomic mass is 10.1. The Labute approximate surface area is 118 Å². The molecule has 1 saturated carbocycles. The van der Waals surface area contributed by atoms with Crippen molar-refractivity contribution in [2.24, 2.45) is 5.73 Å². The van der Waals surface area contributed by atoms with Gasteiger partial charge in [-0.25, -0.2) is 4.79 Å². The average Bonchev–Trinajstić information content (AvgIpc) is 2.58. The van der Waals surface area contributed by atoms with Crippen molar-refractivity contribution in [1.29, 1.82) is 0 Å². The van der Waals surface area contributed by atoms with E-state index < -0.39 is 6.09 Å². The normalized spacial score (nSPS) is 23.5. The molecule has 0 bridgehead atoms. The monoisotopic (exact) mass is 282 g/mol. The lowest BCUT2D eigenvalue weighted by Gasteiger charge is -2.21. The average molecular weight is 283 g/mol. The summed E-state index contributed by atoms with van der Waals surface area (Å²) in [6, 6.07) is 6.84. The highest BCUT2D eigenvalue weighted by atomic mass is 35.5. The van der Waals surface area contributed by atoms with E-state index in [9.17, 15) is 4.79 Å². The van der Waals surface area contributed by atoms with Gasteiger partial charge in [-0.2, -0.15) is 0 Å². The van der Waals surface area contributed by atoms with Gasteiger partial charge in [0.05, 0.1) is 0 Å². The molecule has 1 amide bonds. The van der Waals surface area contributed by atoms with Crippen LogP contribution in [0.2, 0.25) is 5.02 Å². The largest absolute Gasteiger partial charge is 0.444 e. The summed E-state index contributed by atoms with van der Waals surface area (Å²) in [7, 11) is 0. The van der Waals surface area contributed by atoms with Crippen LogP contribution in [0.1, 0.15) is 32.1 Å². The number of anilines is 1. The molecule has 0 aromatic heterocycles. The number of nitrogens with two attached hydrogens (primary N) is 1. The van der Waals surface area contributed by atoms with Crippen LogP contribution in [0.15, 0.2) is 24.3 Å². The van der Waals surface area contributed by atoms with Gasteiger partial charge in [0.15, 0.2) is 0 Å². The van der Waals surface area contributed by atoms with Crippen LogP contribution in [-0.2, 0) is 4.74 Å². The minimum atomic E-state index is -0.454. The Morgan fingerprint density at radius 1 is 1.21 bits per heavy atom. The zero-order valence-electron chi connectivity index (χ0n) is 10.8. The predicted octanol–water partition coefficient (Wildman–Crippen LogP) is 3.55. The molecule has 104 valence electrons. The molecule has 1 aliphatic rings. The maximum atomic E-state index is 11.8. The number of halogens is 1. The Balaban J connectivity index is 1.87. The lowest BCUT2D eigenvalue weighted by Crippen LogP contribution is -2.38. The number of amides is 1. The SMILES string of the molecule is NC1CCCCCC1OC(=O)Nc1ccc(Cl)cc1. The first-order chi connectivity index (χ1) is 9.15. The van der Waals surface area contributed by atoms with Crippen LogP contribution in [0, 0.1) is 0 Å². The maximum absolute atomic E-state index is 11.8. The molecule has 1 aromatic carbocycles. The van der Waals surface area contributed by atoms with Crippen molar-refractivity contribution in [3.05, 3.63) is 29.3 Å². The second-order valence-corrected chi connectivity index (χ2v) is 5.31. The van der Waals surface area contributed by atoms with Gasteiger partial charge in [-0.05, 0) is 43.5 Å². The van der Waals surface area contributed by atoms with Gasteiger partial charge < -0.3 is 10.5 Å². The number of ether oxygens (including phenoxy) is 1. The molecule has 1 aromatic rings. The van der Waals surface area contributed by atoms with Crippen molar-refractivity contribution in [3.8, 4) is 0 Å². The third kappa shape index (κ3) is 4.40. The lowest BCUT2D eigenvalue weighted by molar-refractivity contribution is 0.0899. The fourth-order valence-electron chi connectivity index (χ4n) is 2.27. The van der Waals surface area contributed by atoms with Crippen LogP contribution in [0.3, 0.4) is 0 Å². The van der Waals surface area contributed by atoms with Crippen LogP contribution in [-0.4, -0.2) is 18.2 Å². The Hall–Kier alpha value is -1.26. The summed E-state index contributed by atoms with van der Waals surface area (Å²) in [5.74, 6) is 0. The van der Waals surface area contributed by atoms with Crippen molar-refractivity contribution in [2.45, 2.75) is 44.2 Å².